The summed E-state index contributed by atoms with van der Waals surface area (Å²) in [7, 11) is 0. The van der Waals surface area contributed by atoms with Gasteiger partial charge < -0.3 is 10.2 Å². The van der Waals surface area contributed by atoms with Crippen LogP contribution in [0.4, 0.5) is 5.82 Å². The van der Waals surface area contributed by atoms with E-state index in [1.54, 1.807) is 0 Å². The maximum absolute atomic E-state index is 4.70. The predicted octanol–water partition coefficient (Wildman–Crippen LogP) is 2.70. The minimum Gasteiger partial charge on any atom is -0.355 e. The van der Waals surface area contributed by atoms with Crippen LogP contribution < -0.4 is 10.2 Å². The summed E-state index contributed by atoms with van der Waals surface area (Å²) in [6.07, 6.45) is 5.61. The van der Waals surface area contributed by atoms with E-state index in [2.05, 4.69) is 36.0 Å². The van der Waals surface area contributed by atoms with Crippen LogP contribution in [0.25, 0.3) is 0 Å². The molecule has 20 heavy (non-hydrogen) atoms. The molecule has 0 radical (unpaired) electrons. The lowest BCUT2D eigenvalue weighted by Crippen LogP contribution is -2.45. The van der Waals surface area contributed by atoms with Gasteiger partial charge in [-0.1, -0.05) is 6.92 Å². The minimum absolute atomic E-state index is 0.579. The first-order valence-electron chi connectivity index (χ1n) is 7.90. The molecule has 1 aliphatic heterocycles. The monoisotopic (exact) mass is 276 g/mol. The Morgan fingerprint density at radius 2 is 2.25 bits per heavy atom. The van der Waals surface area contributed by atoms with Crippen molar-refractivity contribution in [3.63, 3.8) is 0 Å². The van der Waals surface area contributed by atoms with Gasteiger partial charge in [0.15, 0.2) is 0 Å². The van der Waals surface area contributed by atoms with Gasteiger partial charge in [-0.3, -0.25) is 4.98 Å². The van der Waals surface area contributed by atoms with Crippen molar-refractivity contribution in [2.75, 3.05) is 24.5 Å². The summed E-state index contributed by atoms with van der Waals surface area (Å²) >= 11 is 0. The van der Waals surface area contributed by atoms with Crippen LogP contribution >= 0.6 is 0 Å². The van der Waals surface area contributed by atoms with Gasteiger partial charge in [-0.2, -0.15) is 0 Å². The van der Waals surface area contributed by atoms with E-state index < -0.39 is 0 Å². The second-order valence-electron chi connectivity index (χ2n) is 6.01. The molecule has 2 heterocycles. The second kappa shape index (κ2) is 7.02. The number of rotatable bonds is 5. The zero-order valence-corrected chi connectivity index (χ0v) is 13.3. The molecule has 0 aromatic carbocycles. The van der Waals surface area contributed by atoms with Crippen LogP contribution in [0.3, 0.4) is 0 Å². The molecule has 0 aliphatic carbocycles. The van der Waals surface area contributed by atoms with Crippen molar-refractivity contribution in [2.45, 2.75) is 53.0 Å². The fourth-order valence-corrected chi connectivity index (χ4v) is 2.97. The first kappa shape index (κ1) is 15.2. The maximum Gasteiger partial charge on any atom is 0.150 e. The molecule has 1 aromatic rings. The van der Waals surface area contributed by atoms with Crippen molar-refractivity contribution in [3.8, 4) is 0 Å². The van der Waals surface area contributed by atoms with Crippen LogP contribution in [0.15, 0.2) is 6.20 Å². The van der Waals surface area contributed by atoms with Crippen LogP contribution in [0.2, 0.25) is 0 Å². The van der Waals surface area contributed by atoms with Gasteiger partial charge in [-0.25, -0.2) is 4.98 Å². The molecule has 4 heteroatoms. The number of piperidine rings is 1. The first-order valence-corrected chi connectivity index (χ1v) is 7.90. The van der Waals surface area contributed by atoms with E-state index in [4.69, 9.17) is 4.98 Å². The van der Waals surface area contributed by atoms with Crippen molar-refractivity contribution in [3.05, 3.63) is 17.6 Å². The van der Waals surface area contributed by atoms with Gasteiger partial charge in [-0.05, 0) is 52.5 Å². The summed E-state index contributed by atoms with van der Waals surface area (Å²) in [5, 5.41) is 3.64. The molecule has 1 aliphatic rings. The molecule has 2 rings (SSSR count). The van der Waals surface area contributed by atoms with E-state index in [1.165, 1.54) is 19.3 Å². The fourth-order valence-electron chi connectivity index (χ4n) is 2.97. The van der Waals surface area contributed by atoms with Crippen LogP contribution in [0.5, 0.6) is 0 Å². The summed E-state index contributed by atoms with van der Waals surface area (Å²) in [6, 6.07) is 0.579. The molecule has 1 saturated heterocycles. The van der Waals surface area contributed by atoms with Gasteiger partial charge in [0.2, 0.25) is 0 Å². The van der Waals surface area contributed by atoms with E-state index in [-0.39, 0.29) is 0 Å². The van der Waals surface area contributed by atoms with Crippen LogP contribution in [-0.4, -0.2) is 35.6 Å². The molecule has 0 spiro atoms. The van der Waals surface area contributed by atoms with Crippen molar-refractivity contribution < 1.29 is 0 Å². The Morgan fingerprint density at radius 1 is 1.45 bits per heavy atom. The lowest BCUT2D eigenvalue weighted by atomic mass is 9.91. The third-order valence-corrected chi connectivity index (χ3v) is 4.23. The van der Waals surface area contributed by atoms with E-state index in [0.717, 1.165) is 36.8 Å². The van der Waals surface area contributed by atoms with Crippen LogP contribution in [0.1, 0.15) is 44.5 Å². The third kappa shape index (κ3) is 3.69. The summed E-state index contributed by atoms with van der Waals surface area (Å²) in [4.78, 5) is 11.6. The SMILES string of the molecule is CCCNC(C)C1CCCN(c2nc(C)cnc2C)C1. The molecule has 1 aromatic heterocycles. The van der Waals surface area contributed by atoms with Gasteiger partial charge in [0, 0.05) is 25.3 Å². The summed E-state index contributed by atoms with van der Waals surface area (Å²) < 4.78 is 0. The summed E-state index contributed by atoms with van der Waals surface area (Å²) in [6.45, 7) is 11.9. The Hall–Kier alpha value is -1.16. The quantitative estimate of drug-likeness (QED) is 0.898. The smallest absolute Gasteiger partial charge is 0.150 e. The number of anilines is 1. The standard InChI is InChI=1S/C16H28N4/c1-5-8-17-13(3)15-7-6-9-20(11-15)16-14(4)18-10-12(2)19-16/h10,13,15,17H,5-9,11H2,1-4H3. The van der Waals surface area contributed by atoms with Gasteiger partial charge in [0.05, 0.1) is 11.4 Å². The van der Waals surface area contributed by atoms with Crippen molar-refractivity contribution >= 4 is 5.82 Å². The number of aryl methyl sites for hydroxylation is 2. The Kier molecular flexibility index (Phi) is 5.35. The minimum atomic E-state index is 0.579. The highest BCUT2D eigenvalue weighted by Crippen LogP contribution is 2.25. The van der Waals surface area contributed by atoms with Crippen molar-refractivity contribution in [1.82, 2.24) is 15.3 Å². The second-order valence-corrected chi connectivity index (χ2v) is 6.01. The van der Waals surface area contributed by atoms with E-state index in [1.807, 2.05) is 13.1 Å². The molecule has 4 nitrogen and oxygen atoms in total. The number of nitrogens with one attached hydrogen (secondary N) is 1. The molecule has 2 unspecified atom stereocenters. The van der Waals surface area contributed by atoms with Crippen LogP contribution in [0, 0.1) is 19.8 Å². The third-order valence-electron chi connectivity index (χ3n) is 4.23. The average Bonchev–Trinajstić information content (AvgIpc) is 2.47. The van der Waals surface area contributed by atoms with Gasteiger partial charge in [0.1, 0.15) is 5.82 Å². The molecule has 0 bridgehead atoms. The number of hydrogen-bond acceptors (Lipinski definition) is 4. The molecule has 0 amide bonds. The van der Waals surface area contributed by atoms with E-state index in [9.17, 15) is 0 Å². The molecule has 1 fully saturated rings. The lowest BCUT2D eigenvalue weighted by Gasteiger charge is -2.37. The maximum atomic E-state index is 4.70. The van der Waals surface area contributed by atoms with Gasteiger partial charge in [0.25, 0.3) is 0 Å². The fraction of sp³-hybridized carbons (Fsp3) is 0.750. The lowest BCUT2D eigenvalue weighted by molar-refractivity contribution is 0.319. The Balaban J connectivity index is 2.04. The molecule has 0 saturated carbocycles. The van der Waals surface area contributed by atoms with Crippen molar-refractivity contribution in [2.24, 2.45) is 5.92 Å². The highest BCUT2D eigenvalue weighted by molar-refractivity contribution is 5.43. The van der Waals surface area contributed by atoms with Crippen molar-refractivity contribution in [1.29, 1.82) is 0 Å². The zero-order valence-electron chi connectivity index (χ0n) is 13.3. The van der Waals surface area contributed by atoms with Crippen LogP contribution in [-0.2, 0) is 0 Å². The highest BCUT2D eigenvalue weighted by Gasteiger charge is 2.26. The van der Waals surface area contributed by atoms with Gasteiger partial charge in [-0.15, -0.1) is 0 Å². The van der Waals surface area contributed by atoms with Gasteiger partial charge >= 0.3 is 0 Å². The molecule has 112 valence electrons. The topological polar surface area (TPSA) is 41.0 Å². The van der Waals surface area contributed by atoms with E-state index in [0.29, 0.717) is 12.0 Å². The molecule has 2 atom stereocenters. The first-order chi connectivity index (χ1) is 9.61. The molecule has 1 N–H and O–H groups in total. The highest BCUT2D eigenvalue weighted by atomic mass is 15.2. The zero-order chi connectivity index (χ0) is 14.5. The summed E-state index contributed by atoms with van der Waals surface area (Å²) in [5.41, 5.74) is 2.05. The Bertz CT molecular complexity index is 432. The average molecular weight is 276 g/mol. The Morgan fingerprint density at radius 3 is 3.00 bits per heavy atom. The predicted molar refractivity (Wildman–Crippen MR) is 84.2 cm³/mol. The Labute approximate surface area is 123 Å². The molecular formula is C16H28N4. The normalized spacial score (nSPS) is 21.0. The number of aromatic nitrogens is 2. The number of nitrogens with zero attached hydrogens (tertiary/aromatic N) is 3. The van der Waals surface area contributed by atoms with E-state index >= 15 is 0 Å². The largest absolute Gasteiger partial charge is 0.355 e. The molecular weight excluding hydrogens is 248 g/mol. The summed E-state index contributed by atoms with van der Waals surface area (Å²) in [5.74, 6) is 1.79. The number of hydrogen-bond donors (Lipinski definition) is 1.